The fourth-order valence-corrected chi connectivity index (χ4v) is 2.58. The van der Waals surface area contributed by atoms with Crippen molar-refractivity contribution >= 4 is 17.3 Å². The Morgan fingerprint density at radius 2 is 1.67 bits per heavy atom. The van der Waals surface area contributed by atoms with Crippen molar-refractivity contribution in [3.8, 4) is 23.0 Å². The molecule has 0 atom stereocenters. The van der Waals surface area contributed by atoms with Gasteiger partial charge in [-0.25, -0.2) is 0 Å². The fraction of sp³-hybridized carbons (Fsp3) is 0.136. The molecule has 0 saturated heterocycles. The van der Waals surface area contributed by atoms with Crippen molar-refractivity contribution in [2.24, 2.45) is 0 Å². The van der Waals surface area contributed by atoms with Gasteiger partial charge in [0.15, 0.2) is 12.4 Å². The van der Waals surface area contributed by atoms with E-state index >= 15 is 0 Å². The number of carbonyl (C=O) groups excluding carboxylic acids is 1. The second kappa shape index (κ2) is 9.92. The minimum absolute atomic E-state index is 0.109. The molecule has 8 heteroatoms. The van der Waals surface area contributed by atoms with Gasteiger partial charge in [0.05, 0.1) is 23.3 Å². The average Bonchev–Trinajstić information content (AvgIpc) is 2.75. The molecule has 0 heterocycles. The van der Waals surface area contributed by atoms with Crippen molar-refractivity contribution in [2.75, 3.05) is 18.5 Å². The molecule has 0 unspecified atom stereocenters. The van der Waals surface area contributed by atoms with Gasteiger partial charge in [-0.05, 0) is 49.4 Å². The van der Waals surface area contributed by atoms with E-state index in [1.807, 2.05) is 6.92 Å². The van der Waals surface area contributed by atoms with Crippen LogP contribution in [0.5, 0.6) is 23.0 Å². The Kier molecular flexibility index (Phi) is 6.83. The molecule has 0 radical (unpaired) electrons. The van der Waals surface area contributed by atoms with Gasteiger partial charge in [-0.2, -0.15) is 0 Å². The fourth-order valence-electron chi connectivity index (χ4n) is 2.58. The maximum absolute atomic E-state index is 12.3. The number of para-hydroxylation sites is 2. The molecular formula is C22H20N2O6. The van der Waals surface area contributed by atoms with Crippen molar-refractivity contribution in [1.82, 2.24) is 0 Å². The van der Waals surface area contributed by atoms with E-state index in [1.54, 1.807) is 54.6 Å². The standard InChI is InChI=1S/C22H20N2O6/c1-2-28-17-10-12-18(13-11-17)30-21-9-4-3-8-20(21)23-22(25)15-29-19-7-5-6-16(14-19)24(26)27/h3-14H,2,15H2,1H3,(H,23,25). The number of ether oxygens (including phenoxy) is 3. The van der Waals surface area contributed by atoms with Crippen LogP contribution in [0.2, 0.25) is 0 Å². The highest BCUT2D eigenvalue weighted by molar-refractivity contribution is 5.93. The maximum Gasteiger partial charge on any atom is 0.273 e. The molecule has 0 fully saturated rings. The largest absolute Gasteiger partial charge is 0.494 e. The average molecular weight is 408 g/mol. The molecular weight excluding hydrogens is 388 g/mol. The highest BCUT2D eigenvalue weighted by Crippen LogP contribution is 2.30. The second-order valence-electron chi connectivity index (χ2n) is 6.09. The SMILES string of the molecule is CCOc1ccc(Oc2ccccc2NC(=O)COc2cccc([N+](=O)[O-])c2)cc1. The Labute approximate surface area is 173 Å². The number of carbonyl (C=O) groups is 1. The number of anilines is 1. The summed E-state index contributed by atoms with van der Waals surface area (Å²) in [5.74, 6) is 1.60. The number of amides is 1. The van der Waals surface area contributed by atoms with Crippen molar-refractivity contribution in [3.05, 3.63) is 82.9 Å². The number of non-ortho nitro benzene ring substituents is 1. The summed E-state index contributed by atoms with van der Waals surface area (Å²) in [5, 5.41) is 13.5. The summed E-state index contributed by atoms with van der Waals surface area (Å²) in [6.07, 6.45) is 0. The first-order valence-corrected chi connectivity index (χ1v) is 9.22. The molecule has 0 bridgehead atoms. The van der Waals surface area contributed by atoms with Gasteiger partial charge in [0, 0.05) is 6.07 Å². The summed E-state index contributed by atoms with van der Waals surface area (Å²) in [6, 6.07) is 19.8. The van der Waals surface area contributed by atoms with E-state index in [0.29, 0.717) is 23.8 Å². The zero-order valence-corrected chi connectivity index (χ0v) is 16.2. The van der Waals surface area contributed by atoms with Crippen LogP contribution >= 0.6 is 0 Å². The Bertz CT molecular complexity index is 1020. The van der Waals surface area contributed by atoms with Crippen LogP contribution in [-0.2, 0) is 4.79 Å². The topological polar surface area (TPSA) is 99.9 Å². The van der Waals surface area contributed by atoms with Crippen molar-refractivity contribution < 1.29 is 23.9 Å². The van der Waals surface area contributed by atoms with Crippen LogP contribution in [-0.4, -0.2) is 24.0 Å². The first kappa shape index (κ1) is 20.7. The quantitative estimate of drug-likeness (QED) is 0.403. The summed E-state index contributed by atoms with van der Waals surface area (Å²) < 4.78 is 16.6. The highest BCUT2D eigenvalue weighted by atomic mass is 16.6. The molecule has 0 aromatic heterocycles. The Morgan fingerprint density at radius 1 is 0.933 bits per heavy atom. The van der Waals surface area contributed by atoms with Crippen LogP contribution in [0.3, 0.4) is 0 Å². The molecule has 154 valence electrons. The van der Waals surface area contributed by atoms with E-state index < -0.39 is 10.8 Å². The van der Waals surface area contributed by atoms with Crippen molar-refractivity contribution in [1.29, 1.82) is 0 Å². The molecule has 30 heavy (non-hydrogen) atoms. The van der Waals surface area contributed by atoms with Gasteiger partial charge >= 0.3 is 0 Å². The third-order valence-corrected chi connectivity index (χ3v) is 3.92. The van der Waals surface area contributed by atoms with Gasteiger partial charge in [0.1, 0.15) is 17.2 Å². The van der Waals surface area contributed by atoms with E-state index in [-0.39, 0.29) is 18.0 Å². The predicted molar refractivity (Wildman–Crippen MR) is 111 cm³/mol. The lowest BCUT2D eigenvalue weighted by Crippen LogP contribution is -2.20. The maximum atomic E-state index is 12.3. The summed E-state index contributed by atoms with van der Waals surface area (Å²) in [6.45, 7) is 2.18. The lowest BCUT2D eigenvalue weighted by Gasteiger charge is -2.13. The van der Waals surface area contributed by atoms with E-state index in [1.165, 1.54) is 18.2 Å². The van der Waals surface area contributed by atoms with Crippen LogP contribution in [0.4, 0.5) is 11.4 Å². The molecule has 3 aromatic rings. The van der Waals surface area contributed by atoms with Crippen molar-refractivity contribution in [3.63, 3.8) is 0 Å². The molecule has 3 rings (SSSR count). The zero-order valence-electron chi connectivity index (χ0n) is 16.2. The Hall–Kier alpha value is -4.07. The number of nitrogens with one attached hydrogen (secondary N) is 1. The lowest BCUT2D eigenvalue weighted by atomic mass is 10.2. The van der Waals surface area contributed by atoms with Gasteiger partial charge in [-0.3, -0.25) is 14.9 Å². The zero-order chi connectivity index (χ0) is 21.3. The minimum Gasteiger partial charge on any atom is -0.494 e. The molecule has 3 aromatic carbocycles. The van der Waals surface area contributed by atoms with Crippen LogP contribution in [0.15, 0.2) is 72.8 Å². The molecule has 0 saturated carbocycles. The van der Waals surface area contributed by atoms with Gasteiger partial charge < -0.3 is 19.5 Å². The third kappa shape index (κ3) is 5.71. The minimum atomic E-state index is -0.526. The van der Waals surface area contributed by atoms with Gasteiger partial charge in [0.2, 0.25) is 0 Å². The molecule has 1 N–H and O–H groups in total. The summed E-state index contributed by atoms with van der Waals surface area (Å²) in [5.41, 5.74) is 0.362. The molecule has 0 aliphatic carbocycles. The Balaban J connectivity index is 1.62. The summed E-state index contributed by atoms with van der Waals surface area (Å²) in [4.78, 5) is 22.6. The van der Waals surface area contributed by atoms with Gasteiger partial charge in [0.25, 0.3) is 11.6 Å². The smallest absolute Gasteiger partial charge is 0.273 e. The predicted octanol–water partition coefficient (Wildman–Crippen LogP) is 4.80. The number of nitro groups is 1. The molecule has 0 spiro atoms. The third-order valence-electron chi connectivity index (χ3n) is 3.92. The monoisotopic (exact) mass is 408 g/mol. The van der Waals surface area contributed by atoms with E-state index in [9.17, 15) is 14.9 Å². The van der Waals surface area contributed by atoms with Gasteiger partial charge in [-0.1, -0.05) is 18.2 Å². The number of benzene rings is 3. The lowest BCUT2D eigenvalue weighted by molar-refractivity contribution is -0.384. The van der Waals surface area contributed by atoms with E-state index in [0.717, 1.165) is 5.75 Å². The highest BCUT2D eigenvalue weighted by Gasteiger charge is 2.11. The number of nitro benzene ring substituents is 1. The second-order valence-corrected chi connectivity index (χ2v) is 6.09. The molecule has 0 aliphatic heterocycles. The number of hydrogen-bond donors (Lipinski definition) is 1. The van der Waals surface area contributed by atoms with E-state index in [2.05, 4.69) is 5.32 Å². The first-order chi connectivity index (χ1) is 14.5. The van der Waals surface area contributed by atoms with Gasteiger partial charge in [-0.15, -0.1) is 0 Å². The first-order valence-electron chi connectivity index (χ1n) is 9.22. The molecule has 0 aliphatic rings. The summed E-state index contributed by atoms with van der Waals surface area (Å²) in [7, 11) is 0. The van der Waals surface area contributed by atoms with Crippen LogP contribution in [0, 0.1) is 10.1 Å². The van der Waals surface area contributed by atoms with Crippen LogP contribution < -0.4 is 19.5 Å². The van der Waals surface area contributed by atoms with Crippen LogP contribution in [0.25, 0.3) is 0 Å². The Morgan fingerprint density at radius 3 is 2.40 bits per heavy atom. The molecule has 1 amide bonds. The number of hydrogen-bond acceptors (Lipinski definition) is 6. The van der Waals surface area contributed by atoms with Crippen LogP contribution in [0.1, 0.15) is 6.92 Å². The van der Waals surface area contributed by atoms with Crippen molar-refractivity contribution in [2.45, 2.75) is 6.92 Å². The summed E-state index contributed by atoms with van der Waals surface area (Å²) >= 11 is 0. The van der Waals surface area contributed by atoms with E-state index in [4.69, 9.17) is 14.2 Å². The number of rotatable bonds is 9. The number of nitrogens with zero attached hydrogens (tertiary/aromatic N) is 1. The molecule has 8 nitrogen and oxygen atoms in total. The normalized spacial score (nSPS) is 10.2.